The zero-order valence-corrected chi connectivity index (χ0v) is 12.7. The largest absolute Gasteiger partial charge is 0.481 e. The summed E-state index contributed by atoms with van der Waals surface area (Å²) in [5.74, 6) is -1.28. The number of anilines is 1. The monoisotopic (exact) mass is 303 g/mol. The molecule has 0 aliphatic heterocycles. The van der Waals surface area contributed by atoms with Crippen LogP contribution in [0.3, 0.4) is 0 Å². The van der Waals surface area contributed by atoms with Gasteiger partial charge in [-0.2, -0.15) is 0 Å². The van der Waals surface area contributed by atoms with Crippen molar-refractivity contribution in [2.24, 2.45) is 5.92 Å². The van der Waals surface area contributed by atoms with Gasteiger partial charge in [0.15, 0.2) is 0 Å². The van der Waals surface area contributed by atoms with Gasteiger partial charge >= 0.3 is 5.97 Å². The topological polar surface area (TPSA) is 40.5 Å². The molecule has 5 heteroatoms. The fraction of sp³-hybridized carbons (Fsp3) is 0.500. The van der Waals surface area contributed by atoms with E-state index in [-0.39, 0.29) is 0 Å². The summed E-state index contributed by atoms with van der Waals surface area (Å²) in [5.41, 5.74) is 0.729. The molecule has 1 rings (SSSR count). The summed E-state index contributed by atoms with van der Waals surface area (Å²) >= 11 is 12.4. The first kappa shape index (κ1) is 16.1. The second kappa shape index (κ2) is 7.61. The summed E-state index contributed by atoms with van der Waals surface area (Å²) in [5, 5.41) is 10.2. The fourth-order valence-corrected chi connectivity index (χ4v) is 2.48. The number of benzene rings is 1. The minimum absolute atomic E-state index is 0.402. The maximum absolute atomic E-state index is 11.0. The van der Waals surface area contributed by atoms with Crippen molar-refractivity contribution >= 4 is 34.9 Å². The van der Waals surface area contributed by atoms with Gasteiger partial charge in [-0.15, -0.1) is 0 Å². The molecule has 0 saturated heterocycles. The van der Waals surface area contributed by atoms with Crippen LogP contribution in [0.4, 0.5) is 5.69 Å². The average molecular weight is 304 g/mol. The Morgan fingerprint density at radius 2 is 1.95 bits per heavy atom. The normalized spacial score (nSPS) is 12.2. The van der Waals surface area contributed by atoms with Crippen molar-refractivity contribution in [3.05, 3.63) is 28.2 Å². The number of carboxylic acid groups (broad SMARTS) is 1. The summed E-state index contributed by atoms with van der Waals surface area (Å²) in [6.45, 7) is 4.93. The molecule has 1 N–H and O–H groups in total. The van der Waals surface area contributed by atoms with Crippen LogP contribution in [0, 0.1) is 5.92 Å². The van der Waals surface area contributed by atoms with E-state index in [0.717, 1.165) is 25.1 Å². The molecule has 1 aromatic rings. The summed E-state index contributed by atoms with van der Waals surface area (Å²) in [7, 11) is 0. The highest BCUT2D eigenvalue weighted by molar-refractivity contribution is 6.39. The summed E-state index contributed by atoms with van der Waals surface area (Å²) in [6.07, 6.45) is 1.99. The van der Waals surface area contributed by atoms with Crippen LogP contribution < -0.4 is 4.90 Å². The number of carbonyl (C=O) groups is 1. The van der Waals surface area contributed by atoms with Gasteiger partial charge in [-0.1, -0.05) is 49.5 Å². The quantitative estimate of drug-likeness (QED) is 0.815. The van der Waals surface area contributed by atoms with Crippen LogP contribution >= 0.6 is 23.2 Å². The maximum Gasteiger partial charge on any atom is 0.308 e. The highest BCUT2D eigenvalue weighted by Crippen LogP contribution is 2.34. The molecule has 0 saturated carbocycles. The molecule has 1 atom stereocenters. The Labute approximate surface area is 124 Å². The molecular weight excluding hydrogens is 285 g/mol. The van der Waals surface area contributed by atoms with Crippen molar-refractivity contribution in [1.82, 2.24) is 0 Å². The Balaban J connectivity index is 2.98. The van der Waals surface area contributed by atoms with Crippen molar-refractivity contribution < 1.29 is 9.90 Å². The van der Waals surface area contributed by atoms with E-state index >= 15 is 0 Å². The van der Waals surface area contributed by atoms with Crippen LogP contribution in [-0.4, -0.2) is 24.2 Å². The number of para-hydroxylation sites is 1. The van der Waals surface area contributed by atoms with Gasteiger partial charge in [0, 0.05) is 13.1 Å². The molecule has 3 nitrogen and oxygen atoms in total. The van der Waals surface area contributed by atoms with Crippen LogP contribution in [-0.2, 0) is 4.79 Å². The Kier molecular flexibility index (Phi) is 6.46. The number of hydrogen-bond acceptors (Lipinski definition) is 2. The van der Waals surface area contributed by atoms with E-state index < -0.39 is 11.9 Å². The van der Waals surface area contributed by atoms with Gasteiger partial charge in [-0.05, 0) is 18.6 Å². The second-order valence-electron chi connectivity index (χ2n) is 4.61. The lowest BCUT2D eigenvalue weighted by Crippen LogP contribution is -2.33. The lowest BCUT2D eigenvalue weighted by atomic mass is 10.1. The third-order valence-electron chi connectivity index (χ3n) is 2.95. The lowest BCUT2D eigenvalue weighted by Gasteiger charge is -2.28. The molecule has 0 bridgehead atoms. The van der Waals surface area contributed by atoms with E-state index in [4.69, 9.17) is 28.3 Å². The first-order valence-electron chi connectivity index (χ1n) is 6.39. The number of hydrogen-bond donors (Lipinski definition) is 1. The van der Waals surface area contributed by atoms with Gasteiger partial charge in [-0.3, -0.25) is 4.79 Å². The van der Waals surface area contributed by atoms with Gasteiger partial charge in [0.05, 0.1) is 21.7 Å². The van der Waals surface area contributed by atoms with Crippen LogP contribution in [0.2, 0.25) is 10.0 Å². The molecule has 0 aromatic heterocycles. The number of nitrogens with zero attached hydrogens (tertiary/aromatic N) is 1. The Morgan fingerprint density at radius 3 is 2.42 bits per heavy atom. The SMILES string of the molecule is CCCCN(CC(C)C(=O)O)c1c(Cl)cccc1Cl. The fourth-order valence-electron chi connectivity index (χ4n) is 1.84. The standard InChI is InChI=1S/C14H19Cl2NO2/c1-3-4-8-17(9-10(2)14(18)19)13-11(15)6-5-7-12(13)16/h5-7,10H,3-4,8-9H2,1-2H3,(H,18,19). The van der Waals surface area contributed by atoms with Crippen LogP contribution in [0.1, 0.15) is 26.7 Å². The molecule has 0 aliphatic rings. The minimum atomic E-state index is -0.815. The first-order chi connectivity index (χ1) is 8.97. The van der Waals surface area contributed by atoms with Crippen LogP contribution in [0.25, 0.3) is 0 Å². The van der Waals surface area contributed by atoms with E-state index in [2.05, 4.69) is 6.92 Å². The lowest BCUT2D eigenvalue weighted by molar-refractivity contribution is -0.140. The molecule has 0 spiro atoms. The summed E-state index contributed by atoms with van der Waals surface area (Å²) in [6, 6.07) is 5.33. The molecule has 1 aromatic carbocycles. The van der Waals surface area contributed by atoms with Gasteiger partial charge < -0.3 is 10.0 Å². The van der Waals surface area contributed by atoms with Gasteiger partial charge in [0.1, 0.15) is 0 Å². The highest BCUT2D eigenvalue weighted by atomic mass is 35.5. The minimum Gasteiger partial charge on any atom is -0.481 e. The Bertz CT molecular complexity index is 417. The van der Waals surface area contributed by atoms with Crippen molar-refractivity contribution in [2.75, 3.05) is 18.0 Å². The van der Waals surface area contributed by atoms with E-state index in [1.165, 1.54) is 0 Å². The summed E-state index contributed by atoms with van der Waals surface area (Å²) in [4.78, 5) is 13.0. The van der Waals surface area contributed by atoms with E-state index in [0.29, 0.717) is 16.6 Å². The number of rotatable bonds is 7. The van der Waals surface area contributed by atoms with Crippen molar-refractivity contribution in [1.29, 1.82) is 0 Å². The zero-order valence-electron chi connectivity index (χ0n) is 11.2. The molecule has 106 valence electrons. The Morgan fingerprint density at radius 1 is 1.37 bits per heavy atom. The number of carboxylic acids is 1. The molecular formula is C14H19Cl2NO2. The van der Waals surface area contributed by atoms with Gasteiger partial charge in [0.2, 0.25) is 0 Å². The number of aliphatic carboxylic acids is 1. The van der Waals surface area contributed by atoms with Crippen molar-refractivity contribution in [2.45, 2.75) is 26.7 Å². The number of unbranched alkanes of at least 4 members (excludes halogenated alkanes) is 1. The van der Waals surface area contributed by atoms with E-state index in [1.807, 2.05) is 4.90 Å². The van der Waals surface area contributed by atoms with Crippen LogP contribution in [0.5, 0.6) is 0 Å². The smallest absolute Gasteiger partial charge is 0.308 e. The second-order valence-corrected chi connectivity index (χ2v) is 5.42. The van der Waals surface area contributed by atoms with E-state index in [1.54, 1.807) is 25.1 Å². The maximum atomic E-state index is 11.0. The van der Waals surface area contributed by atoms with Crippen molar-refractivity contribution in [3.63, 3.8) is 0 Å². The molecule has 0 radical (unpaired) electrons. The van der Waals surface area contributed by atoms with Crippen LogP contribution in [0.15, 0.2) is 18.2 Å². The molecule has 0 amide bonds. The molecule has 19 heavy (non-hydrogen) atoms. The third-order valence-corrected chi connectivity index (χ3v) is 3.56. The zero-order chi connectivity index (χ0) is 14.4. The molecule has 0 heterocycles. The van der Waals surface area contributed by atoms with Gasteiger partial charge in [-0.25, -0.2) is 0 Å². The first-order valence-corrected chi connectivity index (χ1v) is 7.14. The third kappa shape index (κ3) is 4.59. The van der Waals surface area contributed by atoms with Crippen molar-refractivity contribution in [3.8, 4) is 0 Å². The summed E-state index contributed by atoms with van der Waals surface area (Å²) < 4.78 is 0. The average Bonchev–Trinajstić information content (AvgIpc) is 2.35. The van der Waals surface area contributed by atoms with Gasteiger partial charge in [0.25, 0.3) is 0 Å². The highest BCUT2D eigenvalue weighted by Gasteiger charge is 2.19. The van der Waals surface area contributed by atoms with E-state index in [9.17, 15) is 4.79 Å². The molecule has 0 fully saturated rings. The number of halogens is 2. The predicted molar refractivity (Wildman–Crippen MR) is 80.4 cm³/mol. The Hall–Kier alpha value is -0.930. The molecule has 0 aliphatic carbocycles. The predicted octanol–water partition coefficient (Wildman–Crippen LogP) is 4.32. The molecule has 1 unspecified atom stereocenters.